The molecular weight excluding hydrogens is 292 g/mol. The van der Waals surface area contributed by atoms with E-state index in [1.54, 1.807) is 23.9 Å². The monoisotopic (exact) mass is 304 g/mol. The number of aryl methyl sites for hydroxylation is 1. The lowest BCUT2D eigenvalue weighted by Gasteiger charge is -2.07. The van der Waals surface area contributed by atoms with E-state index in [1.165, 1.54) is 0 Å². The molecule has 0 radical (unpaired) electrons. The molecule has 1 aromatic rings. The molecule has 7 heteroatoms. The van der Waals surface area contributed by atoms with Gasteiger partial charge in [-0.2, -0.15) is 0 Å². The highest BCUT2D eigenvalue weighted by Gasteiger charge is 2.14. The SMILES string of the molecule is Cn1cc(Br)cc1C(=O)NCCC(O)C(=O)O. The van der Waals surface area contributed by atoms with Crippen LogP contribution in [0.5, 0.6) is 0 Å². The first-order valence-corrected chi connectivity index (χ1v) is 5.72. The van der Waals surface area contributed by atoms with Crippen molar-refractivity contribution in [1.82, 2.24) is 9.88 Å². The zero-order chi connectivity index (χ0) is 13.0. The highest BCUT2D eigenvalue weighted by Crippen LogP contribution is 2.13. The van der Waals surface area contributed by atoms with Crippen LogP contribution >= 0.6 is 15.9 Å². The van der Waals surface area contributed by atoms with Crippen molar-refractivity contribution in [3.8, 4) is 0 Å². The van der Waals surface area contributed by atoms with E-state index >= 15 is 0 Å². The number of halogens is 1. The predicted molar refractivity (Wildman–Crippen MR) is 63.7 cm³/mol. The number of carbonyl (C=O) groups excluding carboxylic acids is 1. The molecule has 1 rings (SSSR count). The van der Waals surface area contributed by atoms with E-state index in [0.29, 0.717) is 5.69 Å². The van der Waals surface area contributed by atoms with Gasteiger partial charge in [0.25, 0.3) is 5.91 Å². The summed E-state index contributed by atoms with van der Waals surface area (Å²) in [5.74, 6) is -1.60. The van der Waals surface area contributed by atoms with E-state index in [-0.39, 0.29) is 18.9 Å². The van der Waals surface area contributed by atoms with Gasteiger partial charge in [-0.25, -0.2) is 4.79 Å². The maximum atomic E-state index is 11.6. The summed E-state index contributed by atoms with van der Waals surface area (Å²) < 4.78 is 2.43. The van der Waals surface area contributed by atoms with Crippen molar-refractivity contribution in [2.45, 2.75) is 12.5 Å². The average molecular weight is 305 g/mol. The second kappa shape index (κ2) is 5.83. The average Bonchev–Trinajstić information content (AvgIpc) is 2.57. The third-order valence-electron chi connectivity index (χ3n) is 2.19. The molecule has 0 spiro atoms. The van der Waals surface area contributed by atoms with Crippen LogP contribution in [0.3, 0.4) is 0 Å². The number of aliphatic carboxylic acids is 1. The van der Waals surface area contributed by atoms with E-state index in [2.05, 4.69) is 21.2 Å². The minimum absolute atomic E-state index is 0.0212. The number of carboxylic acid groups (broad SMARTS) is 1. The van der Waals surface area contributed by atoms with Gasteiger partial charge in [0.05, 0.1) is 0 Å². The Morgan fingerprint density at radius 1 is 1.59 bits per heavy atom. The lowest BCUT2D eigenvalue weighted by Crippen LogP contribution is -2.30. The molecule has 0 bridgehead atoms. The van der Waals surface area contributed by atoms with Crippen LogP contribution in [0.25, 0.3) is 0 Å². The zero-order valence-electron chi connectivity index (χ0n) is 9.18. The van der Waals surface area contributed by atoms with E-state index < -0.39 is 12.1 Å². The van der Waals surface area contributed by atoms with Gasteiger partial charge in [-0.1, -0.05) is 0 Å². The summed E-state index contributed by atoms with van der Waals surface area (Å²) in [5, 5.41) is 20.0. The maximum absolute atomic E-state index is 11.6. The van der Waals surface area contributed by atoms with Crippen LogP contribution in [0.15, 0.2) is 16.7 Å². The van der Waals surface area contributed by atoms with Crippen LogP contribution in [0.2, 0.25) is 0 Å². The van der Waals surface area contributed by atoms with Gasteiger partial charge in [-0.15, -0.1) is 0 Å². The summed E-state index contributed by atoms with van der Waals surface area (Å²) in [7, 11) is 1.73. The summed E-state index contributed by atoms with van der Waals surface area (Å²) in [6, 6.07) is 1.66. The van der Waals surface area contributed by atoms with Crippen LogP contribution < -0.4 is 5.32 Å². The van der Waals surface area contributed by atoms with E-state index in [4.69, 9.17) is 10.2 Å². The first-order valence-electron chi connectivity index (χ1n) is 4.92. The minimum Gasteiger partial charge on any atom is -0.479 e. The molecule has 0 fully saturated rings. The molecule has 1 atom stereocenters. The van der Waals surface area contributed by atoms with E-state index in [9.17, 15) is 9.59 Å². The molecule has 6 nitrogen and oxygen atoms in total. The molecule has 1 heterocycles. The Balaban J connectivity index is 2.45. The van der Waals surface area contributed by atoms with Crippen molar-refractivity contribution in [2.24, 2.45) is 7.05 Å². The van der Waals surface area contributed by atoms with Gasteiger partial charge in [0.15, 0.2) is 6.10 Å². The number of nitrogens with one attached hydrogen (secondary N) is 1. The molecule has 0 aliphatic carbocycles. The van der Waals surface area contributed by atoms with Crippen molar-refractivity contribution < 1.29 is 19.8 Å². The van der Waals surface area contributed by atoms with Crippen LogP contribution in [0.1, 0.15) is 16.9 Å². The van der Waals surface area contributed by atoms with Gasteiger partial charge in [0.1, 0.15) is 5.69 Å². The van der Waals surface area contributed by atoms with Crippen molar-refractivity contribution in [3.63, 3.8) is 0 Å². The Kier molecular flexibility index (Phi) is 4.71. The third-order valence-corrected chi connectivity index (χ3v) is 2.63. The summed E-state index contributed by atoms with van der Waals surface area (Å²) in [5.41, 5.74) is 0.460. The fraction of sp³-hybridized carbons (Fsp3) is 0.400. The summed E-state index contributed by atoms with van der Waals surface area (Å²) in [6.07, 6.45) is 0.267. The smallest absolute Gasteiger partial charge is 0.332 e. The number of aromatic nitrogens is 1. The normalized spacial score (nSPS) is 12.2. The molecule has 3 N–H and O–H groups in total. The van der Waals surface area contributed by atoms with Crippen molar-refractivity contribution in [1.29, 1.82) is 0 Å². The molecular formula is C10H13BrN2O4. The fourth-order valence-electron chi connectivity index (χ4n) is 1.29. The number of aliphatic hydroxyl groups excluding tert-OH is 1. The number of rotatable bonds is 5. The number of amides is 1. The molecule has 1 amide bonds. The van der Waals surface area contributed by atoms with E-state index in [0.717, 1.165) is 4.47 Å². The van der Waals surface area contributed by atoms with Crippen molar-refractivity contribution in [2.75, 3.05) is 6.54 Å². The van der Waals surface area contributed by atoms with Crippen LogP contribution in [0, 0.1) is 0 Å². The Morgan fingerprint density at radius 2 is 2.24 bits per heavy atom. The summed E-state index contributed by atoms with van der Waals surface area (Å²) in [6.45, 7) is 0.106. The van der Waals surface area contributed by atoms with Gasteiger partial charge in [-0.05, 0) is 22.0 Å². The van der Waals surface area contributed by atoms with Gasteiger partial charge >= 0.3 is 5.97 Å². The lowest BCUT2D eigenvalue weighted by molar-refractivity contribution is -0.146. The molecule has 0 aliphatic heterocycles. The topological polar surface area (TPSA) is 91.6 Å². The van der Waals surface area contributed by atoms with E-state index in [1.807, 2.05) is 0 Å². The van der Waals surface area contributed by atoms with Gasteiger partial charge in [0.2, 0.25) is 0 Å². The number of hydrogen-bond donors (Lipinski definition) is 3. The minimum atomic E-state index is -1.45. The molecule has 94 valence electrons. The van der Waals surface area contributed by atoms with Crippen LogP contribution in [-0.2, 0) is 11.8 Å². The Morgan fingerprint density at radius 3 is 2.71 bits per heavy atom. The van der Waals surface area contributed by atoms with Crippen LogP contribution in [0.4, 0.5) is 0 Å². The van der Waals surface area contributed by atoms with Crippen molar-refractivity contribution in [3.05, 3.63) is 22.4 Å². The number of carboxylic acids is 1. The quantitative estimate of drug-likeness (QED) is 0.732. The largest absolute Gasteiger partial charge is 0.479 e. The number of hydrogen-bond acceptors (Lipinski definition) is 3. The highest BCUT2D eigenvalue weighted by atomic mass is 79.9. The number of carbonyl (C=O) groups is 2. The number of nitrogens with zero attached hydrogens (tertiary/aromatic N) is 1. The fourth-order valence-corrected chi connectivity index (χ4v) is 1.81. The van der Waals surface area contributed by atoms with Gasteiger partial charge < -0.3 is 20.1 Å². The second-order valence-corrected chi connectivity index (χ2v) is 4.47. The molecule has 17 heavy (non-hydrogen) atoms. The molecule has 0 saturated heterocycles. The molecule has 1 aromatic heterocycles. The first-order chi connectivity index (χ1) is 7.91. The maximum Gasteiger partial charge on any atom is 0.332 e. The molecule has 0 aromatic carbocycles. The van der Waals surface area contributed by atoms with Gasteiger partial charge in [-0.3, -0.25) is 4.79 Å². The first kappa shape index (κ1) is 13.7. The lowest BCUT2D eigenvalue weighted by atomic mass is 10.2. The second-order valence-electron chi connectivity index (χ2n) is 3.55. The zero-order valence-corrected chi connectivity index (χ0v) is 10.8. The predicted octanol–water partition coefficient (Wildman–Crippen LogP) is 0.353. The Bertz CT molecular complexity index is 430. The molecule has 0 saturated carbocycles. The third kappa shape index (κ3) is 3.86. The Hall–Kier alpha value is -1.34. The summed E-state index contributed by atoms with van der Waals surface area (Å²) >= 11 is 3.24. The molecule has 0 aliphatic rings. The molecule has 1 unspecified atom stereocenters. The van der Waals surface area contributed by atoms with Crippen molar-refractivity contribution >= 4 is 27.8 Å². The summed E-state index contributed by atoms with van der Waals surface area (Å²) in [4.78, 5) is 22.0. The number of aliphatic hydroxyl groups is 1. The standard InChI is InChI=1S/C10H13BrN2O4/c1-13-5-6(11)4-7(13)9(15)12-3-2-8(14)10(16)17/h4-5,8,14H,2-3H2,1H3,(H,12,15)(H,16,17). The van der Waals surface area contributed by atoms with Crippen LogP contribution in [-0.4, -0.2) is 39.3 Å². The van der Waals surface area contributed by atoms with Gasteiger partial charge in [0, 0.05) is 30.7 Å². The Labute approximate surface area is 106 Å². The highest BCUT2D eigenvalue weighted by molar-refractivity contribution is 9.10.